The molecule has 6 rings (SSSR count). The Hall–Kier alpha value is -2.38. The van der Waals surface area contributed by atoms with Crippen molar-refractivity contribution in [2.45, 2.75) is 69.6 Å². The summed E-state index contributed by atoms with van der Waals surface area (Å²) in [6, 6.07) is 9.34. The van der Waals surface area contributed by atoms with Crippen LogP contribution in [-0.4, -0.2) is 69.8 Å². The number of fused-ring (bicyclic) bond motifs is 2. The number of carbonyl (C=O) groups excluding carboxylic acids is 1. The fourth-order valence-corrected chi connectivity index (χ4v) is 7.49. The van der Waals surface area contributed by atoms with Crippen LogP contribution in [0.4, 0.5) is 0 Å². The molecule has 176 valence electrons. The highest BCUT2D eigenvalue weighted by Crippen LogP contribution is 2.64. The molecule has 1 saturated carbocycles. The van der Waals surface area contributed by atoms with Crippen molar-refractivity contribution in [2.24, 2.45) is 28.3 Å². The number of hydrogen-bond acceptors (Lipinski definition) is 4. The van der Waals surface area contributed by atoms with Gasteiger partial charge in [-0.15, -0.1) is 0 Å². The number of hydrogen-bond donors (Lipinski definition) is 3. The molecule has 1 amide bonds. The Balaban J connectivity index is 1.16. The summed E-state index contributed by atoms with van der Waals surface area (Å²) in [5.41, 5.74) is 15.6. The van der Waals surface area contributed by atoms with Crippen LogP contribution in [0, 0.1) is 11.8 Å². The fourth-order valence-electron chi connectivity index (χ4n) is 7.49. The van der Waals surface area contributed by atoms with Gasteiger partial charge in [0.15, 0.2) is 0 Å². The minimum atomic E-state index is -0.265. The van der Waals surface area contributed by atoms with Gasteiger partial charge in [0.05, 0.1) is 0 Å². The maximum absolute atomic E-state index is 13.9. The van der Waals surface area contributed by atoms with Gasteiger partial charge in [0.1, 0.15) is 11.4 Å². The average molecular weight is 449 g/mol. The molecule has 7 atom stereocenters. The van der Waals surface area contributed by atoms with Crippen LogP contribution in [-0.2, 0) is 11.2 Å². The van der Waals surface area contributed by atoms with Crippen molar-refractivity contribution in [1.29, 1.82) is 0 Å². The third-order valence-electron chi connectivity index (χ3n) is 9.04. The molecule has 4 heterocycles. The van der Waals surface area contributed by atoms with E-state index in [0.717, 1.165) is 56.3 Å². The van der Waals surface area contributed by atoms with Crippen molar-refractivity contribution in [3.63, 3.8) is 0 Å². The van der Waals surface area contributed by atoms with Crippen molar-refractivity contribution >= 4 is 22.6 Å². The van der Waals surface area contributed by atoms with Gasteiger partial charge >= 0.3 is 0 Å². The molecule has 3 saturated heterocycles. The van der Waals surface area contributed by atoms with E-state index >= 15 is 0 Å². The summed E-state index contributed by atoms with van der Waals surface area (Å²) in [4.78, 5) is 26.5. The van der Waals surface area contributed by atoms with Crippen molar-refractivity contribution in [3.05, 3.63) is 35.5 Å². The van der Waals surface area contributed by atoms with Crippen LogP contribution in [0.2, 0.25) is 0 Å². The normalized spacial score (nSPS) is 37.2. The summed E-state index contributed by atoms with van der Waals surface area (Å²) < 4.78 is 0. The van der Waals surface area contributed by atoms with E-state index in [1.54, 1.807) is 0 Å². The minimum Gasteiger partial charge on any atom is -0.384 e. The number of nitrogens with zero attached hydrogens (tertiary/aromatic N) is 3. The second-order valence-electron chi connectivity index (χ2n) is 10.6. The van der Waals surface area contributed by atoms with Gasteiger partial charge in [0.2, 0.25) is 5.91 Å². The van der Waals surface area contributed by atoms with E-state index in [4.69, 9.17) is 11.5 Å². The quantitative estimate of drug-likeness (QED) is 0.358. The van der Waals surface area contributed by atoms with Crippen molar-refractivity contribution in [3.8, 4) is 0 Å². The molecule has 2 aromatic rings. The van der Waals surface area contributed by atoms with Crippen LogP contribution in [0.5, 0.6) is 0 Å². The Morgan fingerprint density at radius 2 is 2.12 bits per heavy atom. The summed E-state index contributed by atoms with van der Waals surface area (Å²) in [7, 11) is 0. The highest BCUT2D eigenvalue weighted by Gasteiger charge is 2.82. The Labute approximate surface area is 195 Å². The number of benzene rings is 1. The second-order valence-corrected chi connectivity index (χ2v) is 10.6. The van der Waals surface area contributed by atoms with Crippen LogP contribution in [0.3, 0.4) is 0 Å². The Morgan fingerprint density at radius 3 is 2.91 bits per heavy atom. The lowest BCUT2D eigenvalue weighted by molar-refractivity contribution is -0.136. The number of carbonyl (C=O) groups is 1. The standard InChI is InChI=1S/C26H36N6O/c1-3-29-24(28)17-7-6-16-13-18(30-21(16)14-17)8-9-19-5-4-11-31(19)25(33)26-20-10-12-32(26)23(26)15(2)22(20)27/h6-7,13-15,19-20,22-23,30H,3-5,8-12,27H2,1-2H3,(H2,28,29)/t15?,19?,20?,22?,23-,26+,32?/m0/s1. The molecule has 1 aromatic carbocycles. The average Bonchev–Trinajstić information content (AvgIpc) is 3.24. The van der Waals surface area contributed by atoms with Gasteiger partial charge in [-0.1, -0.05) is 19.1 Å². The number of aryl methyl sites for hydroxylation is 1. The molecule has 33 heavy (non-hydrogen) atoms. The number of piperidine rings is 2. The number of rotatable bonds is 6. The predicted octanol–water partition coefficient (Wildman–Crippen LogP) is 2.24. The first-order valence-electron chi connectivity index (χ1n) is 12.7. The molecule has 0 radical (unpaired) electrons. The molecular formula is C26H36N6O. The van der Waals surface area contributed by atoms with Crippen LogP contribution in [0.1, 0.15) is 50.8 Å². The molecule has 3 aliphatic heterocycles. The molecule has 1 aliphatic carbocycles. The number of aliphatic imine (C=N–C) groups is 1. The van der Waals surface area contributed by atoms with Gasteiger partial charge in [-0.3, -0.25) is 14.7 Å². The van der Waals surface area contributed by atoms with E-state index in [-0.39, 0.29) is 11.6 Å². The first-order chi connectivity index (χ1) is 16.0. The molecule has 4 fully saturated rings. The van der Waals surface area contributed by atoms with E-state index in [9.17, 15) is 4.79 Å². The van der Waals surface area contributed by atoms with E-state index in [2.05, 4.69) is 44.9 Å². The molecule has 7 heteroatoms. The number of nitrogens with two attached hydrogens (primary N) is 2. The summed E-state index contributed by atoms with van der Waals surface area (Å²) in [6.07, 6.45) is 5.23. The summed E-state index contributed by atoms with van der Waals surface area (Å²) in [5, 5.41) is 1.19. The SMILES string of the molecule is CCN=C(N)c1ccc2cc(CCC3CCCN3C(=O)[C@]34C5CCN3[C@H]4C(C)C5N)[nH]c2c1. The fraction of sp³-hybridized carbons (Fsp3) is 0.615. The molecule has 5 N–H and O–H groups in total. The lowest BCUT2D eigenvalue weighted by Crippen LogP contribution is -2.49. The molecule has 5 unspecified atom stereocenters. The number of likely N-dealkylation sites (tertiary alicyclic amines) is 1. The van der Waals surface area contributed by atoms with E-state index in [1.807, 2.05) is 13.0 Å². The highest BCUT2D eigenvalue weighted by atomic mass is 16.2. The first-order valence-corrected chi connectivity index (χ1v) is 12.7. The van der Waals surface area contributed by atoms with Crippen LogP contribution < -0.4 is 11.5 Å². The first kappa shape index (κ1) is 21.2. The summed E-state index contributed by atoms with van der Waals surface area (Å²) >= 11 is 0. The Kier molecular flexibility index (Phi) is 4.86. The Bertz CT molecular complexity index is 1120. The Morgan fingerprint density at radius 1 is 1.27 bits per heavy atom. The maximum atomic E-state index is 13.9. The number of amidine groups is 1. The van der Waals surface area contributed by atoms with E-state index in [0.29, 0.717) is 42.2 Å². The molecule has 7 nitrogen and oxygen atoms in total. The van der Waals surface area contributed by atoms with Gasteiger partial charge < -0.3 is 21.4 Å². The summed E-state index contributed by atoms with van der Waals surface area (Å²) in [6.45, 7) is 6.85. The maximum Gasteiger partial charge on any atom is 0.245 e. The van der Waals surface area contributed by atoms with Gasteiger partial charge in [-0.2, -0.15) is 0 Å². The molecule has 0 spiro atoms. The number of amides is 1. The lowest BCUT2D eigenvalue weighted by Gasteiger charge is -2.31. The van der Waals surface area contributed by atoms with Gasteiger partial charge in [0.25, 0.3) is 0 Å². The predicted molar refractivity (Wildman–Crippen MR) is 131 cm³/mol. The molecule has 1 aromatic heterocycles. The zero-order valence-electron chi connectivity index (χ0n) is 19.8. The number of nitrogens with one attached hydrogen (secondary N) is 1. The zero-order valence-corrected chi connectivity index (χ0v) is 19.8. The van der Waals surface area contributed by atoms with Crippen molar-refractivity contribution in [1.82, 2.24) is 14.8 Å². The zero-order chi connectivity index (χ0) is 22.9. The summed E-state index contributed by atoms with van der Waals surface area (Å²) in [5.74, 6) is 1.73. The number of aromatic nitrogens is 1. The van der Waals surface area contributed by atoms with Crippen molar-refractivity contribution < 1.29 is 4.79 Å². The lowest BCUT2D eigenvalue weighted by atomic mass is 9.89. The van der Waals surface area contributed by atoms with Crippen LogP contribution in [0.25, 0.3) is 10.9 Å². The molecule has 0 bridgehead atoms. The number of H-pyrrole nitrogens is 1. The van der Waals surface area contributed by atoms with Gasteiger partial charge in [-0.25, -0.2) is 0 Å². The van der Waals surface area contributed by atoms with Gasteiger partial charge in [-0.05, 0) is 62.5 Å². The number of aromatic amines is 1. The topological polar surface area (TPSA) is 104 Å². The molecular weight excluding hydrogens is 412 g/mol. The van der Waals surface area contributed by atoms with Crippen molar-refractivity contribution in [2.75, 3.05) is 19.6 Å². The monoisotopic (exact) mass is 448 g/mol. The largest absolute Gasteiger partial charge is 0.384 e. The van der Waals surface area contributed by atoms with Gasteiger partial charge in [0, 0.05) is 60.5 Å². The highest BCUT2D eigenvalue weighted by molar-refractivity contribution is 6.00. The third kappa shape index (κ3) is 2.94. The van der Waals surface area contributed by atoms with Crippen LogP contribution in [0.15, 0.2) is 29.3 Å². The van der Waals surface area contributed by atoms with E-state index in [1.165, 1.54) is 11.1 Å². The van der Waals surface area contributed by atoms with E-state index < -0.39 is 0 Å². The second kappa shape index (κ2) is 7.57. The molecule has 4 aliphatic rings. The minimum absolute atomic E-state index is 0.173. The third-order valence-corrected chi connectivity index (χ3v) is 9.04. The van der Waals surface area contributed by atoms with Crippen LogP contribution >= 0.6 is 0 Å². The smallest absolute Gasteiger partial charge is 0.245 e.